The van der Waals surface area contributed by atoms with E-state index in [2.05, 4.69) is 20.3 Å². The molecule has 0 unspecified atom stereocenters. The van der Waals surface area contributed by atoms with Gasteiger partial charge >= 0.3 is 5.69 Å². The van der Waals surface area contributed by atoms with Crippen LogP contribution < -0.4 is 16.6 Å². The van der Waals surface area contributed by atoms with Gasteiger partial charge in [0, 0.05) is 11.3 Å². The lowest BCUT2D eigenvalue weighted by atomic mass is 10.2. The third-order valence-corrected chi connectivity index (χ3v) is 5.05. The van der Waals surface area contributed by atoms with Gasteiger partial charge in [-0.2, -0.15) is 0 Å². The summed E-state index contributed by atoms with van der Waals surface area (Å²) in [6.07, 6.45) is 0. The number of aromatic amines is 2. The maximum atomic E-state index is 13.5. The number of rotatable bonds is 4. The summed E-state index contributed by atoms with van der Waals surface area (Å²) in [5.74, 6) is -0.399. The highest BCUT2D eigenvalue weighted by Gasteiger charge is 2.12. The highest BCUT2D eigenvalue weighted by Crippen LogP contribution is 2.23. The largest absolute Gasteiger partial charge is 0.338 e. The summed E-state index contributed by atoms with van der Waals surface area (Å²) in [6.45, 7) is -0.436. The molecule has 0 radical (unpaired) electrons. The standard InChI is InChI=1S/C23H16FN5O3/c24-14-5-3-4-13(10-14)21-26-18-9-8-15(11-19(18)27-21)25-20(30)12-29-22(31)16-6-1-2-7-17(16)28-23(29)32/h1-11H,12H2,(H,25,30)(H,26,27)(H,28,32). The Morgan fingerprint density at radius 3 is 2.66 bits per heavy atom. The summed E-state index contributed by atoms with van der Waals surface area (Å²) in [6, 6.07) is 17.7. The minimum atomic E-state index is -0.660. The highest BCUT2D eigenvalue weighted by atomic mass is 19.1. The van der Waals surface area contributed by atoms with Crippen molar-refractivity contribution in [1.82, 2.24) is 19.5 Å². The van der Waals surface area contributed by atoms with Gasteiger partial charge in [-0.1, -0.05) is 24.3 Å². The molecule has 0 saturated heterocycles. The molecular weight excluding hydrogens is 413 g/mol. The maximum absolute atomic E-state index is 13.5. The van der Waals surface area contributed by atoms with Gasteiger partial charge in [-0.05, 0) is 42.5 Å². The summed E-state index contributed by atoms with van der Waals surface area (Å²) < 4.78 is 14.4. The van der Waals surface area contributed by atoms with E-state index in [0.29, 0.717) is 39.0 Å². The number of hydrogen-bond acceptors (Lipinski definition) is 4. The van der Waals surface area contributed by atoms with Crippen LogP contribution in [0.15, 0.2) is 76.3 Å². The molecule has 5 aromatic rings. The fraction of sp³-hybridized carbons (Fsp3) is 0.0435. The number of H-pyrrole nitrogens is 2. The number of hydrogen-bond donors (Lipinski definition) is 3. The van der Waals surface area contributed by atoms with E-state index in [4.69, 9.17) is 0 Å². The number of aromatic nitrogens is 4. The highest BCUT2D eigenvalue weighted by molar-refractivity contribution is 5.93. The summed E-state index contributed by atoms with van der Waals surface area (Å²) in [4.78, 5) is 47.5. The third kappa shape index (κ3) is 3.56. The SMILES string of the molecule is O=C(Cn1c(=O)[nH]c2ccccc2c1=O)Nc1ccc2nc(-c3cccc(F)c3)[nH]c2c1. The zero-order valence-corrected chi connectivity index (χ0v) is 16.6. The summed E-state index contributed by atoms with van der Waals surface area (Å²) in [5, 5.41) is 3.01. The molecular formula is C23H16FN5O3. The van der Waals surface area contributed by atoms with Crippen molar-refractivity contribution in [2.45, 2.75) is 6.54 Å². The first-order valence-corrected chi connectivity index (χ1v) is 9.75. The number of halogens is 1. The Hall–Kier alpha value is -4.53. The van der Waals surface area contributed by atoms with Crippen molar-refractivity contribution in [3.63, 3.8) is 0 Å². The second-order valence-electron chi connectivity index (χ2n) is 7.24. The number of para-hydroxylation sites is 1. The quantitative estimate of drug-likeness (QED) is 0.408. The Morgan fingerprint density at radius 2 is 1.81 bits per heavy atom. The van der Waals surface area contributed by atoms with Crippen LogP contribution in [0.1, 0.15) is 0 Å². The van der Waals surface area contributed by atoms with Crippen LogP contribution in [-0.4, -0.2) is 25.4 Å². The van der Waals surface area contributed by atoms with Crippen LogP contribution in [0.25, 0.3) is 33.3 Å². The van der Waals surface area contributed by atoms with Gasteiger partial charge in [0.2, 0.25) is 5.91 Å². The summed E-state index contributed by atoms with van der Waals surface area (Å²) in [7, 11) is 0. The normalized spacial score (nSPS) is 11.2. The first kappa shape index (κ1) is 19.4. The molecule has 0 saturated carbocycles. The Bertz CT molecular complexity index is 1620. The topological polar surface area (TPSA) is 113 Å². The van der Waals surface area contributed by atoms with Crippen LogP contribution >= 0.6 is 0 Å². The molecule has 2 heterocycles. The van der Waals surface area contributed by atoms with Crippen molar-refractivity contribution >= 4 is 33.5 Å². The number of anilines is 1. The number of carbonyl (C=O) groups is 1. The predicted molar refractivity (Wildman–Crippen MR) is 119 cm³/mol. The second-order valence-corrected chi connectivity index (χ2v) is 7.24. The van der Waals surface area contributed by atoms with Gasteiger partial charge in [0.1, 0.15) is 18.2 Å². The molecule has 5 rings (SSSR count). The Morgan fingerprint density at radius 1 is 0.969 bits per heavy atom. The van der Waals surface area contributed by atoms with Gasteiger partial charge in [0.05, 0.1) is 21.9 Å². The van der Waals surface area contributed by atoms with Gasteiger partial charge in [-0.15, -0.1) is 0 Å². The minimum absolute atomic E-state index is 0.323. The Kier molecular flexibility index (Phi) is 4.63. The lowest BCUT2D eigenvalue weighted by Crippen LogP contribution is -2.38. The smallest absolute Gasteiger partial charge is 0.329 e. The van der Waals surface area contributed by atoms with Gasteiger partial charge in [-0.3, -0.25) is 14.2 Å². The van der Waals surface area contributed by atoms with E-state index in [9.17, 15) is 18.8 Å². The van der Waals surface area contributed by atoms with E-state index in [1.165, 1.54) is 12.1 Å². The van der Waals surface area contributed by atoms with E-state index >= 15 is 0 Å². The molecule has 158 valence electrons. The molecule has 0 aliphatic carbocycles. The minimum Gasteiger partial charge on any atom is -0.338 e. The molecule has 0 atom stereocenters. The molecule has 0 bridgehead atoms. The second kappa shape index (κ2) is 7.62. The molecule has 0 fully saturated rings. The van der Waals surface area contributed by atoms with Crippen LogP contribution in [0.5, 0.6) is 0 Å². The number of nitrogens with zero attached hydrogens (tertiary/aromatic N) is 2. The van der Waals surface area contributed by atoms with Crippen molar-refractivity contribution in [3.8, 4) is 11.4 Å². The predicted octanol–water partition coefficient (Wildman–Crippen LogP) is 3.01. The zero-order valence-electron chi connectivity index (χ0n) is 16.6. The van der Waals surface area contributed by atoms with Gasteiger partial charge < -0.3 is 15.3 Å². The average molecular weight is 429 g/mol. The van der Waals surface area contributed by atoms with Crippen LogP contribution in [0.2, 0.25) is 0 Å². The number of amides is 1. The number of benzene rings is 3. The van der Waals surface area contributed by atoms with E-state index < -0.39 is 23.7 Å². The van der Waals surface area contributed by atoms with Crippen LogP contribution in [0.3, 0.4) is 0 Å². The van der Waals surface area contributed by atoms with Crippen molar-refractivity contribution < 1.29 is 9.18 Å². The molecule has 0 aliphatic rings. The lowest BCUT2D eigenvalue weighted by molar-refractivity contribution is -0.116. The molecule has 9 heteroatoms. The molecule has 3 aromatic carbocycles. The third-order valence-electron chi connectivity index (χ3n) is 5.05. The lowest BCUT2D eigenvalue weighted by Gasteiger charge is -2.08. The maximum Gasteiger partial charge on any atom is 0.329 e. The van der Waals surface area contributed by atoms with Gasteiger partial charge in [-0.25, -0.2) is 14.2 Å². The van der Waals surface area contributed by atoms with Crippen molar-refractivity contribution in [2.24, 2.45) is 0 Å². The molecule has 2 aromatic heterocycles. The van der Waals surface area contributed by atoms with E-state index in [1.54, 1.807) is 54.6 Å². The summed E-state index contributed by atoms with van der Waals surface area (Å²) in [5.41, 5.74) is 1.56. The first-order valence-electron chi connectivity index (χ1n) is 9.75. The molecule has 32 heavy (non-hydrogen) atoms. The Labute approximate surface area is 179 Å². The molecule has 1 amide bonds. The van der Waals surface area contributed by atoms with Crippen molar-refractivity contribution in [1.29, 1.82) is 0 Å². The first-order chi connectivity index (χ1) is 15.5. The molecule has 0 aliphatic heterocycles. The zero-order chi connectivity index (χ0) is 22.2. The van der Waals surface area contributed by atoms with Crippen molar-refractivity contribution in [2.75, 3.05) is 5.32 Å². The fourth-order valence-electron chi connectivity index (χ4n) is 3.55. The Balaban J connectivity index is 1.40. The number of fused-ring (bicyclic) bond motifs is 2. The van der Waals surface area contributed by atoms with Crippen LogP contribution in [0.4, 0.5) is 10.1 Å². The van der Waals surface area contributed by atoms with Crippen molar-refractivity contribution in [3.05, 3.63) is 93.4 Å². The monoisotopic (exact) mass is 429 g/mol. The molecule has 3 N–H and O–H groups in total. The van der Waals surface area contributed by atoms with Crippen LogP contribution in [0, 0.1) is 5.82 Å². The fourth-order valence-corrected chi connectivity index (χ4v) is 3.55. The molecule has 0 spiro atoms. The van der Waals surface area contributed by atoms with E-state index in [-0.39, 0.29) is 5.82 Å². The number of imidazole rings is 1. The van der Waals surface area contributed by atoms with Gasteiger partial charge in [0.25, 0.3) is 5.56 Å². The van der Waals surface area contributed by atoms with E-state index in [0.717, 1.165) is 4.57 Å². The average Bonchev–Trinajstić information content (AvgIpc) is 3.20. The van der Waals surface area contributed by atoms with E-state index in [1.807, 2.05) is 0 Å². The van der Waals surface area contributed by atoms with Gasteiger partial charge in [0.15, 0.2) is 0 Å². The van der Waals surface area contributed by atoms with Crippen LogP contribution in [-0.2, 0) is 11.3 Å². The number of nitrogens with one attached hydrogen (secondary N) is 3. The summed E-state index contributed by atoms with van der Waals surface area (Å²) >= 11 is 0. The number of carbonyl (C=O) groups excluding carboxylic acids is 1. The molecule has 8 nitrogen and oxygen atoms in total.